The summed E-state index contributed by atoms with van der Waals surface area (Å²) in [7, 11) is -7.68. The maximum atomic E-state index is 12.6. The van der Waals surface area contributed by atoms with E-state index >= 15 is 0 Å². The number of piperidine rings is 1. The molecule has 2 unspecified atom stereocenters. The van der Waals surface area contributed by atoms with Gasteiger partial charge in [0, 0.05) is 19.1 Å². The molecule has 1 aliphatic heterocycles. The highest BCUT2D eigenvalue weighted by Gasteiger charge is 2.32. The fourth-order valence-electron chi connectivity index (χ4n) is 2.30. The molecule has 0 spiro atoms. The summed E-state index contributed by atoms with van der Waals surface area (Å²) in [5, 5.41) is 5.03. The van der Waals surface area contributed by atoms with Gasteiger partial charge in [0.25, 0.3) is 0 Å². The van der Waals surface area contributed by atoms with Crippen molar-refractivity contribution in [2.75, 3.05) is 13.1 Å². The van der Waals surface area contributed by atoms with Crippen LogP contribution in [0.25, 0.3) is 0 Å². The van der Waals surface area contributed by atoms with Gasteiger partial charge >= 0.3 is 0 Å². The Kier molecular flexibility index (Phi) is 5.99. The molecule has 1 fully saturated rings. The van der Waals surface area contributed by atoms with Crippen LogP contribution in [0.2, 0.25) is 0 Å². The van der Waals surface area contributed by atoms with Gasteiger partial charge in [-0.05, 0) is 30.5 Å². The zero-order chi connectivity index (χ0) is 15.8. The number of hydrogen-bond donors (Lipinski definition) is 2. The quantitative estimate of drug-likeness (QED) is 0.782. The predicted octanol–water partition coefficient (Wildman–Crippen LogP) is 0.114. The highest BCUT2D eigenvalue weighted by atomic mass is 35.5. The van der Waals surface area contributed by atoms with Gasteiger partial charge in [0.1, 0.15) is 0 Å². The largest absolute Gasteiger partial charge is 0.327 e. The van der Waals surface area contributed by atoms with Crippen LogP contribution in [-0.2, 0) is 20.0 Å². The smallest absolute Gasteiger partial charge is 0.243 e. The van der Waals surface area contributed by atoms with Crippen LogP contribution in [0, 0.1) is 5.92 Å². The van der Waals surface area contributed by atoms with E-state index in [0.29, 0.717) is 19.5 Å². The number of hydrogen-bond acceptors (Lipinski definition) is 5. The summed E-state index contributed by atoms with van der Waals surface area (Å²) in [5.74, 6) is 0.0509. The average molecular weight is 370 g/mol. The van der Waals surface area contributed by atoms with Crippen LogP contribution in [0.4, 0.5) is 0 Å². The van der Waals surface area contributed by atoms with Crippen molar-refractivity contribution in [1.82, 2.24) is 4.31 Å². The Bertz CT molecular complexity index is 736. The van der Waals surface area contributed by atoms with Gasteiger partial charge in [0.2, 0.25) is 20.0 Å². The van der Waals surface area contributed by atoms with Crippen molar-refractivity contribution in [2.24, 2.45) is 16.8 Å². The monoisotopic (exact) mass is 369 g/mol. The molecule has 0 bridgehead atoms. The summed E-state index contributed by atoms with van der Waals surface area (Å²) in [4.78, 5) is -0.290. The maximum absolute atomic E-state index is 12.6. The van der Waals surface area contributed by atoms with Gasteiger partial charge in [-0.3, -0.25) is 0 Å². The van der Waals surface area contributed by atoms with E-state index < -0.39 is 20.0 Å². The summed E-state index contributed by atoms with van der Waals surface area (Å²) in [6.07, 6.45) is 0.579. The lowest BCUT2D eigenvalue weighted by Gasteiger charge is -2.34. The average Bonchev–Trinajstić information content (AvgIpc) is 2.41. The molecule has 1 aromatic carbocycles. The predicted molar refractivity (Wildman–Crippen MR) is 85.6 cm³/mol. The molecule has 2 rings (SSSR count). The molecule has 2 atom stereocenters. The van der Waals surface area contributed by atoms with Crippen LogP contribution in [0.1, 0.15) is 13.3 Å². The second-order valence-electron chi connectivity index (χ2n) is 5.31. The Labute approximate surface area is 137 Å². The molecule has 126 valence electrons. The maximum Gasteiger partial charge on any atom is 0.243 e. The number of sulfonamides is 2. The van der Waals surface area contributed by atoms with E-state index in [1.165, 1.54) is 22.5 Å². The molecule has 0 radical (unpaired) electrons. The minimum absolute atomic E-state index is 0. The highest BCUT2D eigenvalue weighted by molar-refractivity contribution is 7.90. The van der Waals surface area contributed by atoms with Gasteiger partial charge in [0.05, 0.1) is 9.79 Å². The van der Waals surface area contributed by atoms with Crippen LogP contribution in [0.5, 0.6) is 0 Å². The lowest BCUT2D eigenvalue weighted by Crippen LogP contribution is -2.48. The SMILES string of the molecule is CC1CN(S(=O)(=O)c2cccc(S(N)(=O)=O)c2)CCC1N.Cl. The van der Waals surface area contributed by atoms with E-state index in [1.54, 1.807) is 0 Å². The zero-order valence-corrected chi connectivity index (χ0v) is 14.5. The number of nitrogens with zero attached hydrogens (tertiary/aromatic N) is 1. The molecule has 7 nitrogen and oxygen atoms in total. The first kappa shape index (κ1) is 19.3. The molecular weight excluding hydrogens is 350 g/mol. The first-order chi connectivity index (χ1) is 9.62. The van der Waals surface area contributed by atoms with E-state index in [9.17, 15) is 16.8 Å². The fourth-order valence-corrected chi connectivity index (χ4v) is 4.54. The summed E-state index contributed by atoms with van der Waals surface area (Å²) in [5.41, 5.74) is 5.89. The van der Waals surface area contributed by atoms with Crippen molar-refractivity contribution in [3.63, 3.8) is 0 Å². The van der Waals surface area contributed by atoms with Crippen LogP contribution in [0.15, 0.2) is 34.1 Å². The number of nitrogens with two attached hydrogens (primary N) is 2. The molecule has 22 heavy (non-hydrogen) atoms. The zero-order valence-electron chi connectivity index (χ0n) is 12.0. The van der Waals surface area contributed by atoms with Crippen molar-refractivity contribution in [2.45, 2.75) is 29.2 Å². The second-order valence-corrected chi connectivity index (χ2v) is 8.81. The molecule has 1 heterocycles. The standard InChI is InChI=1S/C12H19N3O4S2.ClH/c1-9-8-15(6-5-12(9)13)21(18,19)11-4-2-3-10(7-11)20(14,16)17;/h2-4,7,9,12H,5-6,8,13H2,1H3,(H2,14,16,17);1H. The number of primary sulfonamides is 1. The molecule has 1 aliphatic rings. The molecule has 10 heteroatoms. The molecule has 0 aromatic heterocycles. The molecular formula is C12H20ClN3O4S2. The summed E-state index contributed by atoms with van der Waals surface area (Å²) in [6.45, 7) is 2.55. The Hall–Kier alpha value is -0.710. The van der Waals surface area contributed by atoms with Crippen molar-refractivity contribution < 1.29 is 16.8 Å². The Balaban J connectivity index is 0.00000242. The van der Waals surface area contributed by atoms with Gasteiger partial charge in [-0.1, -0.05) is 13.0 Å². The van der Waals surface area contributed by atoms with Crippen LogP contribution < -0.4 is 10.9 Å². The number of halogens is 1. The Morgan fingerprint density at radius 3 is 2.32 bits per heavy atom. The van der Waals surface area contributed by atoms with Gasteiger partial charge in [0.15, 0.2) is 0 Å². The van der Waals surface area contributed by atoms with E-state index in [0.717, 1.165) is 6.07 Å². The summed E-state index contributed by atoms with van der Waals surface area (Å²) < 4.78 is 49.1. The summed E-state index contributed by atoms with van der Waals surface area (Å²) >= 11 is 0. The number of benzene rings is 1. The second kappa shape index (κ2) is 6.81. The van der Waals surface area contributed by atoms with Crippen molar-refractivity contribution >= 4 is 32.5 Å². The van der Waals surface area contributed by atoms with Gasteiger partial charge in [-0.2, -0.15) is 4.31 Å². The minimum Gasteiger partial charge on any atom is -0.327 e. The van der Waals surface area contributed by atoms with E-state index in [2.05, 4.69) is 0 Å². The van der Waals surface area contributed by atoms with E-state index in [-0.39, 0.29) is 34.2 Å². The Morgan fingerprint density at radius 2 is 1.77 bits per heavy atom. The van der Waals surface area contributed by atoms with Gasteiger partial charge < -0.3 is 5.73 Å². The highest BCUT2D eigenvalue weighted by Crippen LogP contribution is 2.24. The third-order valence-electron chi connectivity index (χ3n) is 3.71. The third-order valence-corrected chi connectivity index (χ3v) is 6.48. The normalized spacial score (nSPS) is 23.8. The first-order valence-corrected chi connectivity index (χ1v) is 9.49. The third kappa shape index (κ3) is 3.98. The lowest BCUT2D eigenvalue weighted by molar-refractivity contribution is 0.250. The first-order valence-electron chi connectivity index (χ1n) is 6.51. The van der Waals surface area contributed by atoms with Crippen LogP contribution in [0.3, 0.4) is 0 Å². The molecule has 1 aromatic rings. The Morgan fingerprint density at radius 1 is 1.18 bits per heavy atom. The van der Waals surface area contributed by atoms with E-state index in [1.807, 2.05) is 6.92 Å². The molecule has 1 saturated heterocycles. The van der Waals surface area contributed by atoms with E-state index in [4.69, 9.17) is 10.9 Å². The van der Waals surface area contributed by atoms with Gasteiger partial charge in [-0.15, -0.1) is 12.4 Å². The topological polar surface area (TPSA) is 124 Å². The molecule has 4 N–H and O–H groups in total. The molecule has 0 aliphatic carbocycles. The fraction of sp³-hybridized carbons (Fsp3) is 0.500. The molecule has 0 amide bonds. The van der Waals surface area contributed by atoms with Crippen molar-refractivity contribution in [1.29, 1.82) is 0 Å². The molecule has 0 saturated carbocycles. The van der Waals surface area contributed by atoms with Crippen molar-refractivity contribution in [3.05, 3.63) is 24.3 Å². The van der Waals surface area contributed by atoms with Crippen LogP contribution >= 0.6 is 12.4 Å². The van der Waals surface area contributed by atoms with Gasteiger partial charge in [-0.25, -0.2) is 22.0 Å². The van der Waals surface area contributed by atoms with Crippen LogP contribution in [-0.4, -0.2) is 40.3 Å². The van der Waals surface area contributed by atoms with Crippen molar-refractivity contribution in [3.8, 4) is 0 Å². The summed E-state index contributed by atoms with van der Waals surface area (Å²) in [6, 6.07) is 5.06. The lowest BCUT2D eigenvalue weighted by atomic mass is 9.96. The number of rotatable bonds is 3. The minimum atomic E-state index is -3.94.